The van der Waals surface area contributed by atoms with Gasteiger partial charge in [0.1, 0.15) is 0 Å². The summed E-state index contributed by atoms with van der Waals surface area (Å²) in [5, 5.41) is 11.4. The summed E-state index contributed by atoms with van der Waals surface area (Å²) >= 11 is 0. The Balaban J connectivity index is 2.50. The van der Waals surface area contributed by atoms with Gasteiger partial charge in [0.05, 0.1) is 0 Å². The molecule has 1 aliphatic heterocycles. The van der Waals surface area contributed by atoms with E-state index in [2.05, 4.69) is 5.32 Å². The Morgan fingerprint density at radius 1 is 1.56 bits per heavy atom. The Labute approximate surface area is 91.0 Å². The van der Waals surface area contributed by atoms with Crippen LogP contribution >= 0.6 is 0 Å². The molecule has 1 heterocycles. The third-order valence-electron chi connectivity index (χ3n) is 2.70. The molecule has 0 saturated carbocycles. The monoisotopic (exact) mass is 240 g/mol. The minimum absolute atomic E-state index is 0.146. The molecule has 3 atom stereocenters. The number of nitrogens with one attached hydrogen (secondary N) is 1. The number of alkyl halides is 3. The van der Waals surface area contributed by atoms with Crippen LogP contribution < -0.4 is 11.1 Å². The molecule has 1 saturated heterocycles. The second-order valence-corrected chi connectivity index (χ2v) is 4.02. The first-order valence-electron chi connectivity index (χ1n) is 5.10. The predicted octanol–water partition coefficient (Wildman–Crippen LogP) is 0.153. The summed E-state index contributed by atoms with van der Waals surface area (Å²) in [5.74, 6) is -0.808. The third kappa shape index (κ3) is 3.34. The first-order chi connectivity index (χ1) is 7.32. The number of amides is 1. The van der Waals surface area contributed by atoms with Crippen LogP contribution in [-0.2, 0) is 4.79 Å². The number of aliphatic hydroxyl groups is 1. The van der Waals surface area contributed by atoms with Crippen LogP contribution in [0.4, 0.5) is 13.2 Å². The van der Waals surface area contributed by atoms with Gasteiger partial charge in [-0.25, -0.2) is 0 Å². The lowest BCUT2D eigenvalue weighted by molar-refractivity contribution is -0.210. The molecule has 1 rings (SSSR count). The zero-order chi connectivity index (χ0) is 12.3. The number of rotatable bonds is 3. The molecule has 7 heteroatoms. The van der Waals surface area contributed by atoms with Crippen molar-refractivity contribution in [1.82, 2.24) is 5.32 Å². The van der Waals surface area contributed by atoms with E-state index >= 15 is 0 Å². The van der Waals surface area contributed by atoms with Gasteiger partial charge < -0.3 is 16.2 Å². The van der Waals surface area contributed by atoms with Crippen molar-refractivity contribution in [3.05, 3.63) is 0 Å². The number of carbonyl (C=O) groups excluding carboxylic acids is 1. The van der Waals surface area contributed by atoms with Gasteiger partial charge in [-0.05, 0) is 19.3 Å². The molecule has 0 aromatic heterocycles. The van der Waals surface area contributed by atoms with Crippen molar-refractivity contribution in [3.8, 4) is 0 Å². The van der Waals surface area contributed by atoms with Crippen molar-refractivity contribution in [2.75, 3.05) is 6.54 Å². The largest absolute Gasteiger partial charge is 0.415 e. The summed E-state index contributed by atoms with van der Waals surface area (Å²) in [6.07, 6.45) is -6.20. The predicted molar refractivity (Wildman–Crippen MR) is 50.4 cm³/mol. The molecule has 0 spiro atoms. The topological polar surface area (TPSA) is 75.3 Å². The second-order valence-electron chi connectivity index (χ2n) is 4.02. The summed E-state index contributed by atoms with van der Waals surface area (Å²) in [6, 6.07) is -1.45. The molecule has 0 bridgehead atoms. The van der Waals surface area contributed by atoms with Crippen molar-refractivity contribution >= 4 is 5.91 Å². The summed E-state index contributed by atoms with van der Waals surface area (Å²) in [7, 11) is 0. The van der Waals surface area contributed by atoms with E-state index in [-0.39, 0.29) is 12.3 Å². The summed E-state index contributed by atoms with van der Waals surface area (Å²) < 4.78 is 36.4. The van der Waals surface area contributed by atoms with Crippen LogP contribution in [0.25, 0.3) is 0 Å². The number of piperidine rings is 1. The van der Waals surface area contributed by atoms with Crippen LogP contribution in [0, 0.1) is 5.92 Å². The molecule has 16 heavy (non-hydrogen) atoms. The SMILES string of the molecule is N[C@@H](C[C@@H]1CCCNC1=O)C(O)C(F)(F)F. The number of carbonyl (C=O) groups is 1. The maximum Gasteiger partial charge on any atom is 0.415 e. The minimum Gasteiger partial charge on any atom is -0.382 e. The van der Waals surface area contributed by atoms with Crippen LogP contribution in [0.5, 0.6) is 0 Å². The van der Waals surface area contributed by atoms with E-state index in [0.717, 1.165) is 6.42 Å². The van der Waals surface area contributed by atoms with Crippen LogP contribution in [0.3, 0.4) is 0 Å². The Morgan fingerprint density at radius 3 is 2.69 bits per heavy atom. The summed E-state index contributed by atoms with van der Waals surface area (Å²) in [6.45, 7) is 0.548. The number of halogens is 3. The van der Waals surface area contributed by atoms with E-state index in [1.807, 2.05) is 0 Å². The molecule has 0 aliphatic carbocycles. The van der Waals surface area contributed by atoms with Crippen molar-refractivity contribution in [2.45, 2.75) is 37.6 Å². The molecule has 1 fully saturated rings. The molecule has 4 nitrogen and oxygen atoms in total. The third-order valence-corrected chi connectivity index (χ3v) is 2.70. The smallest absolute Gasteiger partial charge is 0.382 e. The fourth-order valence-corrected chi connectivity index (χ4v) is 1.76. The molecule has 0 radical (unpaired) electrons. The average molecular weight is 240 g/mol. The lowest BCUT2D eigenvalue weighted by Gasteiger charge is -2.27. The lowest BCUT2D eigenvalue weighted by Crippen LogP contribution is -2.48. The van der Waals surface area contributed by atoms with E-state index in [0.29, 0.717) is 13.0 Å². The molecular weight excluding hydrogens is 225 g/mol. The highest BCUT2D eigenvalue weighted by atomic mass is 19.4. The highest BCUT2D eigenvalue weighted by Crippen LogP contribution is 2.26. The van der Waals surface area contributed by atoms with E-state index < -0.39 is 24.2 Å². The van der Waals surface area contributed by atoms with Crippen molar-refractivity contribution in [2.24, 2.45) is 11.7 Å². The number of nitrogens with two attached hydrogens (primary N) is 1. The molecular formula is C9H15F3N2O2. The number of hydrogen-bond donors (Lipinski definition) is 3. The van der Waals surface area contributed by atoms with E-state index in [1.165, 1.54) is 0 Å². The van der Waals surface area contributed by atoms with Gasteiger partial charge in [0.2, 0.25) is 5.91 Å². The van der Waals surface area contributed by atoms with Gasteiger partial charge in [-0.15, -0.1) is 0 Å². The van der Waals surface area contributed by atoms with Crippen molar-refractivity contribution in [3.63, 3.8) is 0 Å². The first-order valence-corrected chi connectivity index (χ1v) is 5.10. The molecule has 0 aromatic carbocycles. The summed E-state index contributed by atoms with van der Waals surface area (Å²) in [4.78, 5) is 11.3. The molecule has 94 valence electrons. The average Bonchev–Trinajstić information content (AvgIpc) is 2.19. The zero-order valence-corrected chi connectivity index (χ0v) is 8.63. The van der Waals surface area contributed by atoms with Crippen LogP contribution in [0.2, 0.25) is 0 Å². The molecule has 1 amide bonds. The molecule has 0 aromatic rings. The van der Waals surface area contributed by atoms with Gasteiger partial charge in [0, 0.05) is 18.5 Å². The lowest BCUT2D eigenvalue weighted by atomic mass is 9.90. The standard InChI is InChI=1S/C9H15F3N2O2/c10-9(11,12)7(15)6(13)4-5-2-1-3-14-8(5)16/h5-7,15H,1-4,13H2,(H,14,16)/t5-,6-,7?/m0/s1. The summed E-state index contributed by atoms with van der Waals surface area (Å²) in [5.41, 5.74) is 5.25. The van der Waals surface area contributed by atoms with E-state index in [1.54, 1.807) is 0 Å². The molecule has 4 N–H and O–H groups in total. The van der Waals surface area contributed by atoms with Crippen LogP contribution in [-0.4, -0.2) is 35.9 Å². The normalized spacial score (nSPS) is 26.1. The van der Waals surface area contributed by atoms with Crippen molar-refractivity contribution < 1.29 is 23.1 Å². The molecule has 1 aliphatic rings. The van der Waals surface area contributed by atoms with Crippen LogP contribution in [0.15, 0.2) is 0 Å². The second kappa shape index (κ2) is 5.01. The van der Waals surface area contributed by atoms with Gasteiger partial charge in [-0.3, -0.25) is 4.79 Å². The van der Waals surface area contributed by atoms with Gasteiger partial charge in [0.25, 0.3) is 0 Å². The van der Waals surface area contributed by atoms with Gasteiger partial charge in [-0.2, -0.15) is 13.2 Å². The maximum atomic E-state index is 12.1. The Kier molecular flexibility index (Phi) is 4.15. The Bertz CT molecular complexity index is 258. The quantitative estimate of drug-likeness (QED) is 0.657. The minimum atomic E-state index is -4.73. The fourth-order valence-electron chi connectivity index (χ4n) is 1.76. The number of aliphatic hydroxyl groups excluding tert-OH is 1. The van der Waals surface area contributed by atoms with Crippen LogP contribution in [0.1, 0.15) is 19.3 Å². The Hall–Kier alpha value is -0.820. The first kappa shape index (κ1) is 13.2. The highest BCUT2D eigenvalue weighted by molar-refractivity contribution is 5.79. The fraction of sp³-hybridized carbons (Fsp3) is 0.889. The van der Waals surface area contributed by atoms with Crippen molar-refractivity contribution in [1.29, 1.82) is 0 Å². The van der Waals surface area contributed by atoms with E-state index in [9.17, 15) is 18.0 Å². The Morgan fingerprint density at radius 2 is 2.19 bits per heavy atom. The van der Waals surface area contributed by atoms with Gasteiger partial charge in [-0.1, -0.05) is 0 Å². The van der Waals surface area contributed by atoms with Gasteiger partial charge >= 0.3 is 6.18 Å². The maximum absolute atomic E-state index is 12.1. The highest BCUT2D eigenvalue weighted by Gasteiger charge is 2.43. The molecule has 1 unspecified atom stereocenters. The zero-order valence-electron chi connectivity index (χ0n) is 8.63. The number of hydrogen-bond acceptors (Lipinski definition) is 3. The van der Waals surface area contributed by atoms with E-state index in [4.69, 9.17) is 10.8 Å². The van der Waals surface area contributed by atoms with Gasteiger partial charge in [0.15, 0.2) is 6.10 Å².